The average Bonchev–Trinajstić information content (AvgIpc) is 2.75. The molecule has 0 radical (unpaired) electrons. The molecule has 94 valence electrons. The van der Waals surface area contributed by atoms with Crippen LogP contribution in [0.15, 0.2) is 24.4 Å². The Morgan fingerprint density at radius 3 is 2.67 bits per heavy atom. The van der Waals surface area contributed by atoms with Crippen molar-refractivity contribution in [2.24, 2.45) is 0 Å². The van der Waals surface area contributed by atoms with E-state index in [1.165, 1.54) is 12.1 Å². The molecule has 0 unspecified atom stereocenters. The van der Waals surface area contributed by atoms with Crippen molar-refractivity contribution in [3.63, 3.8) is 0 Å². The normalized spacial score (nSPS) is 10.8. The zero-order valence-corrected chi connectivity index (χ0v) is 10.3. The summed E-state index contributed by atoms with van der Waals surface area (Å²) < 4.78 is 1.93. The van der Waals surface area contributed by atoms with Gasteiger partial charge in [-0.25, -0.2) is 0 Å². The third-order valence-electron chi connectivity index (χ3n) is 3.04. The number of benzene rings is 1. The molecule has 1 heterocycles. The van der Waals surface area contributed by atoms with Crippen molar-refractivity contribution in [1.29, 1.82) is 0 Å². The summed E-state index contributed by atoms with van der Waals surface area (Å²) in [6.45, 7) is 4.49. The minimum Gasteiger partial charge on any atom is -0.347 e. The molecule has 5 heteroatoms. The summed E-state index contributed by atoms with van der Waals surface area (Å²) in [7, 11) is 0. The maximum absolute atomic E-state index is 11.9. The fourth-order valence-corrected chi connectivity index (χ4v) is 2.07. The quantitative estimate of drug-likeness (QED) is 0.473. The number of aromatic nitrogens is 1. The molecule has 18 heavy (non-hydrogen) atoms. The Hall–Kier alpha value is -2.17. The van der Waals surface area contributed by atoms with Crippen molar-refractivity contribution >= 4 is 22.4 Å². The highest BCUT2D eigenvalue weighted by molar-refractivity contribution is 6.08. The van der Waals surface area contributed by atoms with Gasteiger partial charge in [-0.2, -0.15) is 0 Å². The number of carbonyl (C=O) groups excluding carboxylic acids is 1. The number of aryl methyl sites for hydroxylation is 1. The molecule has 2 rings (SSSR count). The minimum atomic E-state index is -0.442. The highest BCUT2D eigenvalue weighted by Gasteiger charge is 2.16. The summed E-state index contributed by atoms with van der Waals surface area (Å²) >= 11 is 0. The second kappa shape index (κ2) is 4.60. The van der Waals surface area contributed by atoms with E-state index >= 15 is 0 Å². The van der Waals surface area contributed by atoms with E-state index in [-0.39, 0.29) is 11.5 Å². The Labute approximate surface area is 104 Å². The molecule has 2 aromatic rings. The lowest BCUT2D eigenvalue weighted by Gasteiger charge is -1.99. The summed E-state index contributed by atoms with van der Waals surface area (Å²) in [6.07, 6.45) is 2.17. The maximum atomic E-state index is 11.9. The Morgan fingerprint density at radius 1 is 1.39 bits per heavy atom. The first-order valence-electron chi connectivity index (χ1n) is 5.89. The molecule has 1 aromatic carbocycles. The molecule has 0 saturated heterocycles. The van der Waals surface area contributed by atoms with E-state index in [1.807, 2.05) is 11.5 Å². The van der Waals surface area contributed by atoms with E-state index in [0.717, 1.165) is 12.1 Å². The zero-order chi connectivity index (χ0) is 13.3. The molecule has 0 spiro atoms. The smallest absolute Gasteiger partial charge is 0.270 e. The van der Waals surface area contributed by atoms with Crippen LogP contribution >= 0.6 is 0 Å². The zero-order valence-electron chi connectivity index (χ0n) is 10.3. The first kappa shape index (κ1) is 12.3. The standard InChI is InChI=1S/C13H14N2O3/c1-3-13(16)11-8-14(4-2)12-6-5-9(15(17)18)7-10(11)12/h5-8H,3-4H2,1-2H3. The first-order chi connectivity index (χ1) is 8.58. The van der Waals surface area contributed by atoms with Gasteiger partial charge in [0.15, 0.2) is 5.78 Å². The van der Waals surface area contributed by atoms with Gasteiger partial charge in [0.05, 0.1) is 4.92 Å². The van der Waals surface area contributed by atoms with Gasteiger partial charge in [-0.1, -0.05) is 6.92 Å². The number of non-ortho nitro benzene ring substituents is 1. The molecule has 0 aliphatic carbocycles. The molecule has 0 aliphatic heterocycles. The molecule has 5 nitrogen and oxygen atoms in total. The molecular formula is C13H14N2O3. The summed E-state index contributed by atoms with van der Waals surface area (Å²) in [6, 6.07) is 4.64. The Morgan fingerprint density at radius 2 is 2.11 bits per heavy atom. The third kappa shape index (κ3) is 1.88. The second-order valence-corrected chi connectivity index (χ2v) is 4.06. The summed E-state index contributed by atoms with van der Waals surface area (Å²) in [5.74, 6) is 0.00713. The highest BCUT2D eigenvalue weighted by Crippen LogP contribution is 2.26. The van der Waals surface area contributed by atoms with Gasteiger partial charge in [0.2, 0.25) is 0 Å². The predicted molar refractivity (Wildman–Crippen MR) is 68.9 cm³/mol. The van der Waals surface area contributed by atoms with Crippen LogP contribution in [0, 0.1) is 10.1 Å². The van der Waals surface area contributed by atoms with Gasteiger partial charge in [0.1, 0.15) is 0 Å². The van der Waals surface area contributed by atoms with Crippen LogP contribution in [-0.2, 0) is 6.54 Å². The van der Waals surface area contributed by atoms with E-state index in [2.05, 4.69) is 0 Å². The van der Waals surface area contributed by atoms with Crippen LogP contribution in [0.5, 0.6) is 0 Å². The van der Waals surface area contributed by atoms with Crippen molar-refractivity contribution in [3.05, 3.63) is 40.1 Å². The number of fused-ring (bicyclic) bond motifs is 1. The van der Waals surface area contributed by atoms with Crippen molar-refractivity contribution in [1.82, 2.24) is 4.57 Å². The number of nitrogens with zero attached hydrogens (tertiary/aromatic N) is 2. The number of carbonyl (C=O) groups is 1. The lowest BCUT2D eigenvalue weighted by Crippen LogP contribution is -1.95. The van der Waals surface area contributed by atoms with Crippen molar-refractivity contribution in [3.8, 4) is 0 Å². The Bertz CT molecular complexity index is 628. The molecule has 0 saturated carbocycles. The summed E-state index contributed by atoms with van der Waals surface area (Å²) in [5.41, 5.74) is 1.44. The van der Waals surface area contributed by atoms with Crippen LogP contribution in [0.1, 0.15) is 30.6 Å². The van der Waals surface area contributed by atoms with Crippen LogP contribution in [0.4, 0.5) is 5.69 Å². The van der Waals surface area contributed by atoms with Gasteiger partial charge in [-0.3, -0.25) is 14.9 Å². The Kier molecular flexibility index (Phi) is 3.14. The minimum absolute atomic E-state index is 0.00713. The van der Waals surface area contributed by atoms with Gasteiger partial charge in [0, 0.05) is 47.8 Å². The van der Waals surface area contributed by atoms with Gasteiger partial charge < -0.3 is 4.57 Å². The number of hydrogen-bond donors (Lipinski definition) is 0. The summed E-state index contributed by atoms with van der Waals surface area (Å²) in [4.78, 5) is 22.2. The largest absolute Gasteiger partial charge is 0.347 e. The van der Waals surface area contributed by atoms with Gasteiger partial charge in [0.25, 0.3) is 5.69 Å². The molecule has 0 N–H and O–H groups in total. The van der Waals surface area contributed by atoms with Crippen LogP contribution in [0.3, 0.4) is 0 Å². The van der Waals surface area contributed by atoms with E-state index < -0.39 is 4.92 Å². The molecular weight excluding hydrogens is 232 g/mol. The van der Waals surface area contributed by atoms with E-state index in [0.29, 0.717) is 17.4 Å². The van der Waals surface area contributed by atoms with Gasteiger partial charge in [-0.05, 0) is 13.0 Å². The number of nitro benzene ring substituents is 1. The predicted octanol–water partition coefficient (Wildman–Crippen LogP) is 3.16. The fraction of sp³-hybridized carbons (Fsp3) is 0.308. The SMILES string of the molecule is CCC(=O)c1cn(CC)c2ccc([N+](=O)[O-])cc12. The molecule has 0 amide bonds. The van der Waals surface area contributed by atoms with Crippen LogP contribution in [-0.4, -0.2) is 15.3 Å². The van der Waals surface area contributed by atoms with Crippen LogP contribution in [0.25, 0.3) is 10.9 Å². The topological polar surface area (TPSA) is 65.1 Å². The molecule has 1 aromatic heterocycles. The van der Waals surface area contributed by atoms with Gasteiger partial charge in [-0.15, -0.1) is 0 Å². The number of Topliss-reactive ketones (excluding diaryl/α,β-unsaturated/α-hetero) is 1. The number of hydrogen-bond acceptors (Lipinski definition) is 3. The lowest BCUT2D eigenvalue weighted by atomic mass is 10.1. The van der Waals surface area contributed by atoms with E-state index in [9.17, 15) is 14.9 Å². The van der Waals surface area contributed by atoms with Crippen molar-refractivity contribution in [2.75, 3.05) is 0 Å². The fourth-order valence-electron chi connectivity index (χ4n) is 2.07. The average molecular weight is 246 g/mol. The van der Waals surface area contributed by atoms with Gasteiger partial charge >= 0.3 is 0 Å². The van der Waals surface area contributed by atoms with E-state index in [4.69, 9.17) is 0 Å². The molecule has 0 fully saturated rings. The number of rotatable bonds is 4. The first-order valence-corrected chi connectivity index (χ1v) is 5.89. The summed E-state index contributed by atoms with van der Waals surface area (Å²) in [5, 5.41) is 11.5. The third-order valence-corrected chi connectivity index (χ3v) is 3.04. The number of ketones is 1. The molecule has 0 bridgehead atoms. The Balaban J connectivity index is 2.73. The maximum Gasteiger partial charge on any atom is 0.270 e. The van der Waals surface area contributed by atoms with Crippen molar-refractivity contribution in [2.45, 2.75) is 26.8 Å². The monoisotopic (exact) mass is 246 g/mol. The molecule has 0 aliphatic rings. The number of nitro groups is 1. The van der Waals surface area contributed by atoms with Crippen molar-refractivity contribution < 1.29 is 9.72 Å². The van der Waals surface area contributed by atoms with Crippen LogP contribution < -0.4 is 0 Å². The van der Waals surface area contributed by atoms with E-state index in [1.54, 1.807) is 19.2 Å². The molecule has 0 atom stereocenters. The highest BCUT2D eigenvalue weighted by atomic mass is 16.6. The lowest BCUT2D eigenvalue weighted by molar-refractivity contribution is -0.384. The second-order valence-electron chi connectivity index (χ2n) is 4.06. The van der Waals surface area contributed by atoms with Crippen LogP contribution in [0.2, 0.25) is 0 Å².